The van der Waals surface area contributed by atoms with Gasteiger partial charge in [-0.05, 0) is 68.3 Å². The molecule has 3 aromatic rings. The summed E-state index contributed by atoms with van der Waals surface area (Å²) in [6, 6.07) is 12.5. The van der Waals surface area contributed by atoms with Gasteiger partial charge in [0.05, 0.1) is 4.90 Å². The molecule has 0 saturated carbocycles. The molecule has 2 aromatic carbocycles. The number of ether oxygens (including phenoxy) is 1. The first-order chi connectivity index (χ1) is 15.2. The number of aromatic nitrogens is 1. The van der Waals surface area contributed by atoms with Crippen LogP contribution in [0.2, 0.25) is 10.0 Å². The van der Waals surface area contributed by atoms with Crippen molar-refractivity contribution in [2.24, 2.45) is 0 Å². The second kappa shape index (κ2) is 10.1. The maximum absolute atomic E-state index is 13.6. The van der Waals surface area contributed by atoms with E-state index in [1.807, 2.05) is 6.92 Å². The zero-order valence-corrected chi connectivity index (χ0v) is 20.3. The van der Waals surface area contributed by atoms with Crippen molar-refractivity contribution in [2.75, 3.05) is 19.0 Å². The van der Waals surface area contributed by atoms with Gasteiger partial charge in [-0.1, -0.05) is 29.3 Å². The van der Waals surface area contributed by atoms with Crippen molar-refractivity contribution >= 4 is 44.8 Å². The SMILES string of the molecule is COCCCn1c(C)c(C)c(S(=O)(=O)c2cccc(Cl)c2)c1NC(=O)c1ccc(Cl)cc1. The van der Waals surface area contributed by atoms with Crippen LogP contribution in [0.1, 0.15) is 28.0 Å². The van der Waals surface area contributed by atoms with Crippen molar-refractivity contribution in [3.63, 3.8) is 0 Å². The highest BCUT2D eigenvalue weighted by Crippen LogP contribution is 2.36. The van der Waals surface area contributed by atoms with Crippen LogP contribution in [-0.2, 0) is 21.1 Å². The lowest BCUT2D eigenvalue weighted by atomic mass is 10.2. The summed E-state index contributed by atoms with van der Waals surface area (Å²) in [5.41, 5.74) is 1.67. The number of hydrogen-bond donors (Lipinski definition) is 1. The van der Waals surface area contributed by atoms with Crippen LogP contribution >= 0.6 is 23.2 Å². The number of amides is 1. The van der Waals surface area contributed by atoms with Gasteiger partial charge in [0.2, 0.25) is 9.84 Å². The fourth-order valence-corrected chi connectivity index (χ4v) is 5.59. The number of hydrogen-bond acceptors (Lipinski definition) is 4. The van der Waals surface area contributed by atoms with Gasteiger partial charge in [-0.15, -0.1) is 0 Å². The molecule has 1 aromatic heterocycles. The summed E-state index contributed by atoms with van der Waals surface area (Å²) in [6.45, 7) is 4.54. The number of carbonyl (C=O) groups excluding carboxylic acids is 1. The molecule has 1 amide bonds. The lowest BCUT2D eigenvalue weighted by Crippen LogP contribution is -2.18. The average Bonchev–Trinajstić information content (AvgIpc) is 2.99. The molecule has 0 spiro atoms. The highest BCUT2D eigenvalue weighted by Gasteiger charge is 2.30. The van der Waals surface area contributed by atoms with Gasteiger partial charge in [-0.25, -0.2) is 8.42 Å². The van der Waals surface area contributed by atoms with E-state index in [0.29, 0.717) is 40.7 Å². The normalized spacial score (nSPS) is 11.5. The van der Waals surface area contributed by atoms with E-state index in [9.17, 15) is 13.2 Å². The van der Waals surface area contributed by atoms with Gasteiger partial charge >= 0.3 is 0 Å². The Kier molecular flexibility index (Phi) is 7.67. The van der Waals surface area contributed by atoms with Crippen LogP contribution in [0.4, 0.5) is 5.82 Å². The molecule has 0 atom stereocenters. The molecule has 0 fully saturated rings. The average molecular weight is 495 g/mol. The zero-order valence-electron chi connectivity index (χ0n) is 18.0. The quantitative estimate of drug-likeness (QED) is 0.417. The Bertz CT molecular complexity index is 1240. The third-order valence-corrected chi connectivity index (χ3v) is 7.62. The van der Waals surface area contributed by atoms with E-state index in [1.165, 1.54) is 12.1 Å². The number of methoxy groups -OCH3 is 1. The number of halogens is 2. The summed E-state index contributed by atoms with van der Waals surface area (Å²) in [5.74, 6) is -0.217. The number of rotatable bonds is 8. The van der Waals surface area contributed by atoms with Crippen LogP contribution in [0.5, 0.6) is 0 Å². The molecule has 0 unspecified atom stereocenters. The minimum Gasteiger partial charge on any atom is -0.385 e. The summed E-state index contributed by atoms with van der Waals surface area (Å²) in [6.07, 6.45) is 0.645. The van der Waals surface area contributed by atoms with Crippen molar-refractivity contribution in [3.05, 3.63) is 75.4 Å². The van der Waals surface area contributed by atoms with Gasteiger partial charge in [-0.3, -0.25) is 4.79 Å². The molecule has 170 valence electrons. The maximum atomic E-state index is 13.6. The molecule has 0 aliphatic heterocycles. The highest BCUT2D eigenvalue weighted by molar-refractivity contribution is 7.91. The molecule has 0 bridgehead atoms. The van der Waals surface area contributed by atoms with Crippen molar-refractivity contribution in [1.82, 2.24) is 4.57 Å². The number of anilines is 1. The molecule has 0 aliphatic carbocycles. The van der Waals surface area contributed by atoms with Crippen molar-refractivity contribution in [3.8, 4) is 0 Å². The molecule has 0 saturated heterocycles. The summed E-state index contributed by atoms with van der Waals surface area (Å²) < 4.78 is 34.2. The number of benzene rings is 2. The first kappa shape index (κ1) is 24.3. The monoisotopic (exact) mass is 494 g/mol. The molecule has 0 aliphatic rings. The molecule has 32 heavy (non-hydrogen) atoms. The standard InChI is InChI=1S/C23H24Cl2N2O4S/c1-15-16(2)27(12-5-13-31-3)22(26-23(28)17-8-10-18(24)11-9-17)21(15)32(29,30)20-7-4-6-19(25)14-20/h4,6-11,14H,5,12-13H2,1-3H3,(H,26,28). The molecule has 6 nitrogen and oxygen atoms in total. The van der Waals surface area contributed by atoms with Gasteiger partial charge in [0, 0.05) is 41.6 Å². The number of carbonyl (C=O) groups is 1. The predicted molar refractivity (Wildman–Crippen MR) is 127 cm³/mol. The Labute approximate surface area is 198 Å². The van der Waals surface area contributed by atoms with E-state index in [1.54, 1.807) is 55.0 Å². The summed E-state index contributed by atoms with van der Waals surface area (Å²) in [4.78, 5) is 13.1. The minimum absolute atomic E-state index is 0.0528. The smallest absolute Gasteiger partial charge is 0.256 e. The van der Waals surface area contributed by atoms with Gasteiger partial charge in [0.15, 0.2) is 0 Å². The Morgan fingerprint density at radius 1 is 1.06 bits per heavy atom. The Morgan fingerprint density at radius 3 is 2.38 bits per heavy atom. The van der Waals surface area contributed by atoms with Gasteiger partial charge in [0.1, 0.15) is 10.7 Å². The van der Waals surface area contributed by atoms with Gasteiger partial charge < -0.3 is 14.6 Å². The van der Waals surface area contributed by atoms with Crippen LogP contribution in [0.15, 0.2) is 58.3 Å². The van der Waals surface area contributed by atoms with Crippen LogP contribution in [0, 0.1) is 13.8 Å². The summed E-state index contributed by atoms with van der Waals surface area (Å²) in [5, 5.41) is 3.63. The molecular formula is C23H24Cl2N2O4S. The molecule has 0 radical (unpaired) electrons. The largest absolute Gasteiger partial charge is 0.385 e. The highest BCUT2D eigenvalue weighted by atomic mass is 35.5. The number of nitrogens with zero attached hydrogens (tertiary/aromatic N) is 1. The number of nitrogens with one attached hydrogen (secondary N) is 1. The second-order valence-corrected chi connectivity index (χ2v) is 10.1. The van der Waals surface area contributed by atoms with Crippen LogP contribution in [-0.4, -0.2) is 32.6 Å². The summed E-state index contributed by atoms with van der Waals surface area (Å²) >= 11 is 12.0. The molecule has 9 heteroatoms. The fourth-order valence-electron chi connectivity index (χ4n) is 3.47. The Hall–Kier alpha value is -2.32. The Balaban J connectivity index is 2.14. The third kappa shape index (κ3) is 5.02. The molecule has 1 heterocycles. The van der Waals surface area contributed by atoms with E-state index < -0.39 is 15.7 Å². The van der Waals surface area contributed by atoms with E-state index in [2.05, 4.69) is 5.32 Å². The fraction of sp³-hybridized carbons (Fsp3) is 0.261. The molecule has 1 N–H and O–H groups in total. The van der Waals surface area contributed by atoms with Crippen molar-refractivity contribution in [2.45, 2.75) is 36.6 Å². The van der Waals surface area contributed by atoms with E-state index >= 15 is 0 Å². The maximum Gasteiger partial charge on any atom is 0.256 e. The number of sulfone groups is 1. The molecule has 3 rings (SSSR count). The van der Waals surface area contributed by atoms with Crippen LogP contribution in [0.3, 0.4) is 0 Å². The summed E-state index contributed by atoms with van der Waals surface area (Å²) in [7, 11) is -2.36. The van der Waals surface area contributed by atoms with Gasteiger partial charge in [-0.2, -0.15) is 0 Å². The minimum atomic E-state index is -3.96. The second-order valence-electron chi connectivity index (χ2n) is 7.31. The topological polar surface area (TPSA) is 77.4 Å². The first-order valence-corrected chi connectivity index (χ1v) is 12.2. The third-order valence-electron chi connectivity index (χ3n) is 5.22. The lowest BCUT2D eigenvalue weighted by Gasteiger charge is -2.15. The molecular weight excluding hydrogens is 471 g/mol. The van der Waals surface area contributed by atoms with Gasteiger partial charge in [0.25, 0.3) is 5.91 Å². The predicted octanol–water partition coefficient (Wildman–Crippen LogP) is 5.53. The van der Waals surface area contributed by atoms with Crippen molar-refractivity contribution < 1.29 is 17.9 Å². The van der Waals surface area contributed by atoms with Crippen molar-refractivity contribution in [1.29, 1.82) is 0 Å². The van der Waals surface area contributed by atoms with Crippen LogP contribution in [0.25, 0.3) is 0 Å². The lowest BCUT2D eigenvalue weighted by molar-refractivity contribution is 0.102. The van der Waals surface area contributed by atoms with E-state index in [4.69, 9.17) is 27.9 Å². The van der Waals surface area contributed by atoms with E-state index in [0.717, 1.165) is 5.69 Å². The van der Waals surface area contributed by atoms with E-state index in [-0.39, 0.29) is 15.6 Å². The Morgan fingerprint density at radius 2 is 1.75 bits per heavy atom. The zero-order chi connectivity index (χ0) is 23.5. The van der Waals surface area contributed by atoms with Crippen LogP contribution < -0.4 is 5.32 Å². The first-order valence-electron chi connectivity index (χ1n) is 9.93.